The maximum Gasteiger partial charge on any atom is 0.0771 e. The largest absolute Gasteiger partial charge is 0.389 e. The van der Waals surface area contributed by atoms with Gasteiger partial charge in [-0.15, -0.1) is 0 Å². The molecule has 1 saturated carbocycles. The molecule has 0 aromatic heterocycles. The second kappa shape index (κ2) is 7.38. The molecule has 0 radical (unpaired) electrons. The molecule has 2 heteroatoms. The van der Waals surface area contributed by atoms with E-state index in [0.29, 0.717) is 0 Å². The Morgan fingerprint density at radius 1 is 1.18 bits per heavy atom. The van der Waals surface area contributed by atoms with E-state index in [2.05, 4.69) is 26.1 Å². The van der Waals surface area contributed by atoms with Crippen LogP contribution in [0.5, 0.6) is 0 Å². The number of nitrogens with one attached hydrogen (secondary N) is 1. The molecule has 1 rings (SSSR count). The van der Waals surface area contributed by atoms with Crippen molar-refractivity contribution in [2.75, 3.05) is 13.1 Å². The van der Waals surface area contributed by atoms with Crippen LogP contribution in [0.25, 0.3) is 0 Å². The van der Waals surface area contributed by atoms with Gasteiger partial charge in [-0.2, -0.15) is 0 Å². The second-order valence-corrected chi connectivity index (χ2v) is 5.89. The van der Waals surface area contributed by atoms with Gasteiger partial charge in [0.2, 0.25) is 0 Å². The van der Waals surface area contributed by atoms with Crippen molar-refractivity contribution in [2.45, 2.75) is 71.3 Å². The van der Waals surface area contributed by atoms with E-state index in [9.17, 15) is 5.11 Å². The summed E-state index contributed by atoms with van der Waals surface area (Å²) in [5.74, 6) is 1.62. The molecule has 0 unspecified atom stereocenters. The van der Waals surface area contributed by atoms with E-state index in [-0.39, 0.29) is 0 Å². The Bertz CT molecular complexity index is 193. The van der Waals surface area contributed by atoms with Crippen LogP contribution in [0.4, 0.5) is 0 Å². The summed E-state index contributed by atoms with van der Waals surface area (Å²) in [6, 6.07) is 0. The molecule has 0 aromatic rings. The highest BCUT2D eigenvalue weighted by Crippen LogP contribution is 2.33. The fourth-order valence-corrected chi connectivity index (χ4v) is 2.89. The van der Waals surface area contributed by atoms with E-state index in [1.54, 1.807) is 0 Å². The first-order valence-corrected chi connectivity index (χ1v) is 7.56. The molecule has 0 saturated heterocycles. The summed E-state index contributed by atoms with van der Waals surface area (Å²) in [7, 11) is 0. The molecule has 1 aliphatic rings. The van der Waals surface area contributed by atoms with E-state index in [0.717, 1.165) is 37.8 Å². The minimum atomic E-state index is -0.419. The van der Waals surface area contributed by atoms with Gasteiger partial charge >= 0.3 is 0 Å². The molecule has 0 bridgehead atoms. The summed E-state index contributed by atoms with van der Waals surface area (Å²) >= 11 is 0. The number of aliphatic hydroxyl groups is 1. The molecule has 102 valence electrons. The molecule has 1 fully saturated rings. The summed E-state index contributed by atoms with van der Waals surface area (Å²) in [6.07, 6.45) is 8.14. The standard InChI is InChI=1S/C15H31NO/c1-4-13(5-2)11-16-12-15(17)9-7-14(6-3)8-10-15/h13-14,16-17H,4-12H2,1-3H3. The molecule has 0 amide bonds. The van der Waals surface area contributed by atoms with Gasteiger partial charge in [-0.05, 0) is 44.1 Å². The predicted octanol–water partition coefficient (Wildman–Crippen LogP) is 3.34. The Kier molecular flexibility index (Phi) is 6.50. The Morgan fingerprint density at radius 2 is 1.76 bits per heavy atom. The molecular formula is C15H31NO. The number of rotatable bonds is 7. The minimum absolute atomic E-state index is 0.419. The van der Waals surface area contributed by atoms with Crippen LogP contribution in [0.1, 0.15) is 65.7 Å². The van der Waals surface area contributed by atoms with Crippen molar-refractivity contribution in [2.24, 2.45) is 11.8 Å². The summed E-state index contributed by atoms with van der Waals surface area (Å²) in [5.41, 5.74) is -0.419. The van der Waals surface area contributed by atoms with Crippen molar-refractivity contribution in [1.29, 1.82) is 0 Å². The summed E-state index contributed by atoms with van der Waals surface area (Å²) in [5, 5.41) is 14.0. The lowest BCUT2D eigenvalue weighted by atomic mass is 9.78. The van der Waals surface area contributed by atoms with Crippen LogP contribution in [0.2, 0.25) is 0 Å². The molecule has 17 heavy (non-hydrogen) atoms. The van der Waals surface area contributed by atoms with Crippen molar-refractivity contribution in [1.82, 2.24) is 5.32 Å². The van der Waals surface area contributed by atoms with Crippen molar-refractivity contribution in [3.05, 3.63) is 0 Å². The van der Waals surface area contributed by atoms with Gasteiger partial charge in [-0.3, -0.25) is 0 Å². The highest BCUT2D eigenvalue weighted by molar-refractivity contribution is 4.87. The van der Waals surface area contributed by atoms with Crippen LogP contribution in [0, 0.1) is 11.8 Å². The smallest absolute Gasteiger partial charge is 0.0771 e. The minimum Gasteiger partial charge on any atom is -0.389 e. The van der Waals surface area contributed by atoms with Gasteiger partial charge in [-0.1, -0.05) is 40.0 Å². The fourth-order valence-electron chi connectivity index (χ4n) is 2.89. The predicted molar refractivity (Wildman–Crippen MR) is 74.1 cm³/mol. The first-order chi connectivity index (χ1) is 8.13. The van der Waals surface area contributed by atoms with Gasteiger partial charge in [0.25, 0.3) is 0 Å². The zero-order valence-corrected chi connectivity index (χ0v) is 12.0. The fraction of sp³-hybridized carbons (Fsp3) is 1.00. The van der Waals surface area contributed by atoms with Crippen LogP contribution in [-0.4, -0.2) is 23.8 Å². The maximum absolute atomic E-state index is 10.5. The maximum atomic E-state index is 10.5. The molecule has 0 atom stereocenters. The Hall–Kier alpha value is -0.0800. The quantitative estimate of drug-likeness (QED) is 0.716. The molecule has 0 aliphatic heterocycles. The average molecular weight is 241 g/mol. The zero-order valence-electron chi connectivity index (χ0n) is 12.0. The molecule has 2 nitrogen and oxygen atoms in total. The van der Waals surface area contributed by atoms with E-state index >= 15 is 0 Å². The van der Waals surface area contributed by atoms with Gasteiger partial charge in [0, 0.05) is 6.54 Å². The highest BCUT2D eigenvalue weighted by Gasteiger charge is 2.32. The van der Waals surface area contributed by atoms with Crippen LogP contribution < -0.4 is 5.32 Å². The van der Waals surface area contributed by atoms with Gasteiger partial charge in [0.05, 0.1) is 5.60 Å². The van der Waals surface area contributed by atoms with E-state index in [1.165, 1.54) is 32.1 Å². The van der Waals surface area contributed by atoms with Crippen molar-refractivity contribution >= 4 is 0 Å². The van der Waals surface area contributed by atoms with E-state index in [4.69, 9.17) is 0 Å². The third-order valence-electron chi connectivity index (χ3n) is 4.66. The first kappa shape index (κ1) is 15.0. The average Bonchev–Trinajstić information content (AvgIpc) is 2.36. The van der Waals surface area contributed by atoms with Crippen molar-refractivity contribution < 1.29 is 5.11 Å². The third kappa shape index (κ3) is 4.97. The lowest BCUT2D eigenvalue weighted by molar-refractivity contribution is -0.00914. The number of hydrogen-bond donors (Lipinski definition) is 2. The lowest BCUT2D eigenvalue weighted by Gasteiger charge is -2.36. The normalized spacial score (nSPS) is 29.8. The summed E-state index contributed by atoms with van der Waals surface area (Å²) < 4.78 is 0. The monoisotopic (exact) mass is 241 g/mol. The van der Waals surface area contributed by atoms with E-state index in [1.807, 2.05) is 0 Å². The van der Waals surface area contributed by atoms with Crippen LogP contribution in [0.15, 0.2) is 0 Å². The lowest BCUT2D eigenvalue weighted by Crippen LogP contribution is -2.44. The highest BCUT2D eigenvalue weighted by atomic mass is 16.3. The van der Waals surface area contributed by atoms with Crippen molar-refractivity contribution in [3.8, 4) is 0 Å². The Morgan fingerprint density at radius 3 is 2.24 bits per heavy atom. The van der Waals surface area contributed by atoms with Crippen molar-refractivity contribution in [3.63, 3.8) is 0 Å². The molecular weight excluding hydrogens is 210 g/mol. The SMILES string of the molecule is CCC1CCC(O)(CNCC(CC)CC)CC1. The van der Waals surface area contributed by atoms with Crippen LogP contribution in [0.3, 0.4) is 0 Å². The first-order valence-electron chi connectivity index (χ1n) is 7.56. The Labute approximate surface area is 107 Å². The van der Waals surface area contributed by atoms with Crippen LogP contribution >= 0.6 is 0 Å². The van der Waals surface area contributed by atoms with Gasteiger partial charge in [0.1, 0.15) is 0 Å². The number of hydrogen-bond acceptors (Lipinski definition) is 2. The molecule has 0 heterocycles. The molecule has 0 spiro atoms. The summed E-state index contributed by atoms with van der Waals surface area (Å²) in [6.45, 7) is 8.61. The third-order valence-corrected chi connectivity index (χ3v) is 4.66. The molecule has 1 aliphatic carbocycles. The van der Waals surface area contributed by atoms with E-state index < -0.39 is 5.60 Å². The summed E-state index contributed by atoms with van der Waals surface area (Å²) in [4.78, 5) is 0. The van der Waals surface area contributed by atoms with Crippen LogP contribution in [-0.2, 0) is 0 Å². The Balaban J connectivity index is 2.22. The molecule has 2 N–H and O–H groups in total. The van der Waals surface area contributed by atoms with Gasteiger partial charge in [-0.25, -0.2) is 0 Å². The molecule has 0 aromatic carbocycles. The zero-order chi connectivity index (χ0) is 12.7. The van der Waals surface area contributed by atoms with Gasteiger partial charge in [0.15, 0.2) is 0 Å². The second-order valence-electron chi connectivity index (χ2n) is 5.89. The topological polar surface area (TPSA) is 32.3 Å². The van der Waals surface area contributed by atoms with Gasteiger partial charge < -0.3 is 10.4 Å².